The van der Waals surface area contributed by atoms with Crippen molar-refractivity contribution in [3.63, 3.8) is 0 Å². The van der Waals surface area contributed by atoms with E-state index < -0.39 is 5.97 Å². The van der Waals surface area contributed by atoms with E-state index in [2.05, 4.69) is 15.6 Å². The third kappa shape index (κ3) is 5.11. The summed E-state index contributed by atoms with van der Waals surface area (Å²) >= 11 is 1.27. The molecule has 0 saturated carbocycles. The Balaban J connectivity index is 2.20. The Bertz CT molecular complexity index is 408. The van der Waals surface area contributed by atoms with E-state index >= 15 is 0 Å². The average molecular weight is 273 g/mol. The maximum Gasteiger partial charge on any atom is 0.355 e. The van der Waals surface area contributed by atoms with Gasteiger partial charge in [0.25, 0.3) is 0 Å². The van der Waals surface area contributed by atoms with Gasteiger partial charge in [-0.05, 0) is 0 Å². The molecule has 8 heteroatoms. The van der Waals surface area contributed by atoms with E-state index in [1.165, 1.54) is 16.7 Å². The fraction of sp³-hybridized carbons (Fsp3) is 0.500. The smallest absolute Gasteiger partial charge is 0.355 e. The molecule has 0 aliphatic rings. The molecule has 0 aliphatic carbocycles. The van der Waals surface area contributed by atoms with Crippen LogP contribution in [0.25, 0.3) is 0 Å². The summed E-state index contributed by atoms with van der Waals surface area (Å²) in [6.45, 7) is 1.32. The fourth-order valence-electron chi connectivity index (χ4n) is 1.14. The molecule has 0 aromatic carbocycles. The van der Waals surface area contributed by atoms with Crippen molar-refractivity contribution in [1.82, 2.24) is 15.6 Å². The largest absolute Gasteiger partial charge is 0.476 e. The molecule has 3 N–H and O–H groups in total. The van der Waals surface area contributed by atoms with E-state index in [0.717, 1.165) is 0 Å². The summed E-state index contributed by atoms with van der Waals surface area (Å²) in [7, 11) is 1.56. The minimum atomic E-state index is -1.04. The minimum absolute atomic E-state index is 0.0412. The van der Waals surface area contributed by atoms with E-state index in [4.69, 9.17) is 9.84 Å². The van der Waals surface area contributed by atoms with Crippen molar-refractivity contribution in [2.45, 2.75) is 6.42 Å². The molecule has 1 aromatic heterocycles. The maximum absolute atomic E-state index is 11.2. The van der Waals surface area contributed by atoms with E-state index in [0.29, 0.717) is 31.1 Å². The van der Waals surface area contributed by atoms with Crippen molar-refractivity contribution in [3.8, 4) is 0 Å². The van der Waals surface area contributed by atoms with Crippen molar-refractivity contribution in [3.05, 3.63) is 16.1 Å². The number of carbonyl (C=O) groups is 2. The first-order valence-corrected chi connectivity index (χ1v) is 6.19. The first-order valence-electron chi connectivity index (χ1n) is 5.32. The quantitative estimate of drug-likeness (QED) is 0.621. The molecule has 2 amide bonds. The number of nitrogens with one attached hydrogen (secondary N) is 2. The fourth-order valence-corrected chi connectivity index (χ4v) is 1.91. The summed E-state index contributed by atoms with van der Waals surface area (Å²) in [6, 6.07) is -0.276. The third-order valence-corrected chi connectivity index (χ3v) is 2.90. The van der Waals surface area contributed by atoms with E-state index in [9.17, 15) is 9.59 Å². The number of amides is 2. The van der Waals surface area contributed by atoms with Crippen LogP contribution in [0.5, 0.6) is 0 Å². The summed E-state index contributed by atoms with van der Waals surface area (Å²) in [4.78, 5) is 25.7. The second-order valence-electron chi connectivity index (χ2n) is 3.36. The molecule has 1 heterocycles. The number of carboxylic acids is 1. The number of urea groups is 1. The molecule has 0 saturated heterocycles. The average Bonchev–Trinajstić information content (AvgIpc) is 2.78. The number of aromatic carboxylic acids is 1. The molecule has 0 bridgehead atoms. The van der Waals surface area contributed by atoms with Gasteiger partial charge in [0.2, 0.25) is 0 Å². The number of nitrogens with zero attached hydrogens (tertiary/aromatic N) is 1. The number of rotatable bonds is 7. The van der Waals surface area contributed by atoms with Gasteiger partial charge in [0.05, 0.1) is 11.6 Å². The Morgan fingerprint density at radius 1 is 1.44 bits per heavy atom. The second kappa shape index (κ2) is 7.62. The maximum atomic E-state index is 11.2. The van der Waals surface area contributed by atoms with Crippen LogP contribution in [0, 0.1) is 0 Å². The highest BCUT2D eigenvalue weighted by atomic mass is 32.1. The number of ether oxygens (including phenoxy) is 1. The lowest BCUT2D eigenvalue weighted by molar-refractivity contribution is 0.0691. The Kier molecular flexibility index (Phi) is 6.09. The SMILES string of the molecule is COCCNC(=O)NCCc1nc(C(=O)O)cs1. The lowest BCUT2D eigenvalue weighted by atomic mass is 10.4. The van der Waals surface area contributed by atoms with Crippen LogP contribution in [0.2, 0.25) is 0 Å². The molecule has 0 spiro atoms. The molecule has 0 aliphatic heterocycles. The molecule has 0 atom stereocenters. The standard InChI is InChI=1S/C10H15N3O4S/c1-17-5-4-12-10(16)11-3-2-8-13-7(6-18-8)9(14)15/h6H,2-5H2,1H3,(H,14,15)(H2,11,12,16). The highest BCUT2D eigenvalue weighted by Crippen LogP contribution is 2.09. The van der Waals surface area contributed by atoms with Gasteiger partial charge < -0.3 is 20.5 Å². The van der Waals surface area contributed by atoms with Crippen LogP contribution in [-0.2, 0) is 11.2 Å². The van der Waals surface area contributed by atoms with Gasteiger partial charge in [0.15, 0.2) is 5.69 Å². The molecule has 0 radical (unpaired) electrons. The van der Waals surface area contributed by atoms with Crippen molar-refractivity contribution in [1.29, 1.82) is 0 Å². The lowest BCUT2D eigenvalue weighted by Gasteiger charge is -2.05. The topological polar surface area (TPSA) is 101 Å². The molecule has 0 fully saturated rings. The van der Waals surface area contributed by atoms with Crippen LogP contribution in [0.15, 0.2) is 5.38 Å². The summed E-state index contributed by atoms with van der Waals surface area (Å²) in [6.07, 6.45) is 0.510. The Hall–Kier alpha value is -1.67. The highest BCUT2D eigenvalue weighted by molar-refractivity contribution is 7.09. The van der Waals surface area contributed by atoms with Crippen LogP contribution in [0.1, 0.15) is 15.5 Å². The van der Waals surface area contributed by atoms with Gasteiger partial charge in [-0.2, -0.15) is 0 Å². The molecule has 7 nitrogen and oxygen atoms in total. The molecule has 100 valence electrons. The van der Waals surface area contributed by atoms with E-state index in [1.807, 2.05) is 0 Å². The molecule has 1 rings (SSSR count). The number of aromatic nitrogens is 1. The summed E-state index contributed by atoms with van der Waals surface area (Å²) in [5.74, 6) is -1.04. The summed E-state index contributed by atoms with van der Waals surface area (Å²) in [5, 5.41) is 16.1. The zero-order valence-electron chi connectivity index (χ0n) is 9.93. The second-order valence-corrected chi connectivity index (χ2v) is 4.30. The van der Waals surface area contributed by atoms with Crippen molar-refractivity contribution in [2.24, 2.45) is 0 Å². The number of hydrogen-bond acceptors (Lipinski definition) is 5. The van der Waals surface area contributed by atoms with Crippen molar-refractivity contribution < 1.29 is 19.4 Å². The number of thiazole rings is 1. The van der Waals surface area contributed by atoms with Crippen LogP contribution >= 0.6 is 11.3 Å². The summed E-state index contributed by atoms with van der Waals surface area (Å²) in [5.41, 5.74) is 0.0412. The van der Waals surface area contributed by atoms with Gasteiger partial charge >= 0.3 is 12.0 Å². The zero-order valence-corrected chi connectivity index (χ0v) is 10.7. The summed E-state index contributed by atoms with van der Waals surface area (Å²) < 4.78 is 4.78. The first-order chi connectivity index (χ1) is 8.63. The molecular formula is C10H15N3O4S. The minimum Gasteiger partial charge on any atom is -0.476 e. The van der Waals surface area contributed by atoms with Gasteiger partial charge in [-0.3, -0.25) is 0 Å². The van der Waals surface area contributed by atoms with Gasteiger partial charge in [0, 0.05) is 32.0 Å². The molecular weight excluding hydrogens is 258 g/mol. The molecule has 0 unspecified atom stereocenters. The normalized spacial score (nSPS) is 10.1. The first kappa shape index (κ1) is 14.4. The number of methoxy groups -OCH3 is 1. The van der Waals surface area contributed by atoms with Gasteiger partial charge in [-0.1, -0.05) is 0 Å². The van der Waals surface area contributed by atoms with Crippen LogP contribution in [-0.4, -0.2) is 48.9 Å². The number of carbonyl (C=O) groups excluding carboxylic acids is 1. The van der Waals surface area contributed by atoms with Crippen LogP contribution in [0.3, 0.4) is 0 Å². The Morgan fingerprint density at radius 2 is 2.17 bits per heavy atom. The van der Waals surface area contributed by atoms with Gasteiger partial charge in [0.1, 0.15) is 0 Å². The monoisotopic (exact) mass is 273 g/mol. The zero-order chi connectivity index (χ0) is 13.4. The highest BCUT2D eigenvalue weighted by Gasteiger charge is 2.08. The van der Waals surface area contributed by atoms with Gasteiger partial charge in [-0.15, -0.1) is 11.3 Å². The Labute approximate surface area is 108 Å². The number of hydrogen-bond donors (Lipinski definition) is 3. The van der Waals surface area contributed by atoms with Crippen molar-refractivity contribution in [2.75, 3.05) is 26.8 Å². The van der Waals surface area contributed by atoms with E-state index in [-0.39, 0.29) is 11.7 Å². The van der Waals surface area contributed by atoms with Crippen LogP contribution in [0.4, 0.5) is 4.79 Å². The van der Waals surface area contributed by atoms with Crippen molar-refractivity contribution >= 4 is 23.3 Å². The van der Waals surface area contributed by atoms with E-state index in [1.54, 1.807) is 7.11 Å². The Morgan fingerprint density at radius 3 is 2.78 bits per heavy atom. The molecule has 1 aromatic rings. The predicted molar refractivity (Wildman–Crippen MR) is 66.1 cm³/mol. The van der Waals surface area contributed by atoms with Gasteiger partial charge in [-0.25, -0.2) is 14.6 Å². The lowest BCUT2D eigenvalue weighted by Crippen LogP contribution is -2.38. The van der Waals surface area contributed by atoms with Crippen LogP contribution < -0.4 is 10.6 Å². The molecule has 18 heavy (non-hydrogen) atoms. The third-order valence-electron chi connectivity index (χ3n) is 1.99. The predicted octanol–water partition coefficient (Wildman–Crippen LogP) is 0.329. The number of carboxylic acid groups (broad SMARTS) is 1.